The number of nitro groups is 2. The van der Waals surface area contributed by atoms with Gasteiger partial charge in [-0.25, -0.2) is 0 Å². The zero-order chi connectivity index (χ0) is 10.7. The zero-order valence-electron chi connectivity index (χ0n) is 7.34. The molecule has 0 aliphatic carbocycles. The van der Waals surface area contributed by atoms with E-state index in [0.29, 0.717) is 0 Å². The topological polar surface area (TPSA) is 156 Å². The Morgan fingerprint density at radius 3 is 2.20 bits per heavy atom. The number of nitro benzene ring substituents is 2. The van der Waals surface area contributed by atoms with Crippen LogP contribution in [0.4, 0.5) is 17.1 Å². The first kappa shape index (κ1) is 12.7. The Balaban J connectivity index is 0.00000196. The number of nitrogens with zero attached hydrogens (tertiary/aromatic N) is 2. The average Bonchev–Trinajstić information content (AvgIpc) is 2.16. The van der Waals surface area contributed by atoms with Crippen LogP contribution in [0.1, 0.15) is 0 Å². The predicted molar refractivity (Wildman–Crippen MR) is 51.2 cm³/mol. The molecule has 0 aromatic heterocycles. The zero-order valence-corrected chi connectivity index (χ0v) is 7.34. The fraction of sp³-hybridized carbons (Fsp3) is 0. The third-order valence-electron chi connectivity index (χ3n) is 1.54. The summed E-state index contributed by atoms with van der Waals surface area (Å²) in [6.45, 7) is 0. The molecule has 82 valence electrons. The van der Waals surface area contributed by atoms with Crippen molar-refractivity contribution in [2.45, 2.75) is 0 Å². The monoisotopic (exact) mass is 216 g/mol. The molecule has 5 N–H and O–H groups in total. The molecule has 0 amide bonds. The molecule has 0 fully saturated rings. The lowest BCUT2D eigenvalue weighted by Gasteiger charge is -2.00. The fourth-order valence-electron chi connectivity index (χ4n) is 0.907. The van der Waals surface area contributed by atoms with Crippen LogP contribution in [0.5, 0.6) is 0 Å². The lowest BCUT2D eigenvalue weighted by atomic mass is 10.2. The number of nitrogen functional groups attached to an aromatic ring is 1. The molecule has 0 aliphatic rings. The molecule has 0 heterocycles. The standard InChI is InChI=1S/C6H6N4O4.H2O/c7-8-5-2-1-4(9(11)12)3-6(5)10(13)14;/h1-3,8H,7H2;1H2. The molecule has 1 aromatic carbocycles. The van der Waals surface area contributed by atoms with Gasteiger partial charge in [0.05, 0.1) is 15.9 Å². The summed E-state index contributed by atoms with van der Waals surface area (Å²) in [6.07, 6.45) is 0. The molecule has 1 aromatic rings. The van der Waals surface area contributed by atoms with Gasteiger partial charge in [0.15, 0.2) is 0 Å². The summed E-state index contributed by atoms with van der Waals surface area (Å²) >= 11 is 0. The molecular weight excluding hydrogens is 208 g/mol. The maximum absolute atomic E-state index is 10.4. The summed E-state index contributed by atoms with van der Waals surface area (Å²) in [4.78, 5) is 19.3. The number of hydrogen-bond donors (Lipinski definition) is 2. The minimum absolute atomic E-state index is 0. The molecule has 9 nitrogen and oxygen atoms in total. The number of rotatable bonds is 3. The maximum atomic E-state index is 10.4. The molecule has 1 rings (SSSR count). The number of non-ortho nitro benzene ring substituents is 1. The van der Waals surface area contributed by atoms with Gasteiger partial charge in [-0.3, -0.25) is 26.1 Å². The van der Waals surface area contributed by atoms with E-state index >= 15 is 0 Å². The van der Waals surface area contributed by atoms with Gasteiger partial charge in [-0.15, -0.1) is 0 Å². The van der Waals surface area contributed by atoms with Crippen LogP contribution >= 0.6 is 0 Å². The van der Waals surface area contributed by atoms with Crippen LogP contribution in [0, 0.1) is 20.2 Å². The highest BCUT2D eigenvalue weighted by atomic mass is 16.6. The van der Waals surface area contributed by atoms with Gasteiger partial charge in [0.2, 0.25) is 0 Å². The smallest absolute Gasteiger partial charge is 0.300 e. The Hall–Kier alpha value is -2.26. The number of nitrogens with one attached hydrogen (secondary N) is 1. The van der Waals surface area contributed by atoms with Crippen molar-refractivity contribution in [2.75, 3.05) is 5.43 Å². The van der Waals surface area contributed by atoms with Gasteiger partial charge in [0.25, 0.3) is 5.69 Å². The molecular formula is C6H8N4O5. The van der Waals surface area contributed by atoms with Gasteiger partial charge < -0.3 is 10.9 Å². The first-order chi connectivity index (χ1) is 6.56. The van der Waals surface area contributed by atoms with Gasteiger partial charge in [-0.05, 0) is 6.07 Å². The van der Waals surface area contributed by atoms with Crippen LogP contribution in [0.15, 0.2) is 18.2 Å². The summed E-state index contributed by atoms with van der Waals surface area (Å²) in [5, 5.41) is 20.7. The van der Waals surface area contributed by atoms with Gasteiger partial charge in [-0.1, -0.05) is 0 Å². The van der Waals surface area contributed by atoms with E-state index in [9.17, 15) is 20.2 Å². The number of hydrogen-bond acceptors (Lipinski definition) is 6. The third kappa shape index (κ3) is 2.59. The number of benzene rings is 1. The second-order valence-corrected chi connectivity index (χ2v) is 2.36. The van der Waals surface area contributed by atoms with Gasteiger partial charge in [-0.2, -0.15) is 0 Å². The lowest BCUT2D eigenvalue weighted by molar-refractivity contribution is -0.393. The van der Waals surface area contributed by atoms with Crippen LogP contribution in [-0.4, -0.2) is 15.3 Å². The highest BCUT2D eigenvalue weighted by Gasteiger charge is 2.18. The molecule has 9 heteroatoms. The van der Waals surface area contributed by atoms with E-state index < -0.39 is 15.5 Å². The van der Waals surface area contributed by atoms with Crippen molar-refractivity contribution in [2.24, 2.45) is 5.84 Å². The summed E-state index contributed by atoms with van der Waals surface area (Å²) in [6, 6.07) is 3.15. The van der Waals surface area contributed by atoms with E-state index in [1.807, 2.05) is 0 Å². The van der Waals surface area contributed by atoms with E-state index in [-0.39, 0.29) is 16.9 Å². The summed E-state index contributed by atoms with van der Waals surface area (Å²) in [5.41, 5.74) is 1.33. The van der Waals surface area contributed by atoms with Crippen molar-refractivity contribution in [1.29, 1.82) is 0 Å². The SMILES string of the molecule is NNc1ccc([N+](=O)[O-])cc1[N+](=O)[O-].O. The summed E-state index contributed by atoms with van der Waals surface area (Å²) in [5.74, 6) is 4.99. The molecule has 0 radical (unpaired) electrons. The van der Waals surface area contributed by atoms with Gasteiger partial charge in [0, 0.05) is 6.07 Å². The van der Waals surface area contributed by atoms with Gasteiger partial charge >= 0.3 is 5.69 Å². The van der Waals surface area contributed by atoms with Gasteiger partial charge in [0.1, 0.15) is 5.69 Å². The lowest BCUT2D eigenvalue weighted by Crippen LogP contribution is -2.09. The third-order valence-corrected chi connectivity index (χ3v) is 1.54. The summed E-state index contributed by atoms with van der Waals surface area (Å²) in [7, 11) is 0. The Morgan fingerprint density at radius 1 is 1.20 bits per heavy atom. The largest absolute Gasteiger partial charge is 0.412 e. The Kier molecular flexibility index (Phi) is 4.10. The molecule has 0 spiro atoms. The van der Waals surface area contributed by atoms with Crippen LogP contribution in [0.3, 0.4) is 0 Å². The van der Waals surface area contributed by atoms with Crippen molar-refractivity contribution in [3.8, 4) is 0 Å². The fourth-order valence-corrected chi connectivity index (χ4v) is 0.907. The second-order valence-electron chi connectivity index (χ2n) is 2.36. The van der Waals surface area contributed by atoms with Crippen LogP contribution < -0.4 is 11.3 Å². The molecule has 0 bridgehead atoms. The van der Waals surface area contributed by atoms with E-state index in [1.165, 1.54) is 6.07 Å². The molecule has 0 aliphatic heterocycles. The Labute approximate surface area is 83.1 Å². The molecule has 15 heavy (non-hydrogen) atoms. The maximum Gasteiger partial charge on any atom is 0.300 e. The first-order valence-corrected chi connectivity index (χ1v) is 3.45. The Morgan fingerprint density at radius 2 is 1.80 bits per heavy atom. The minimum atomic E-state index is -0.748. The van der Waals surface area contributed by atoms with E-state index in [1.54, 1.807) is 0 Å². The average molecular weight is 216 g/mol. The molecule has 0 saturated heterocycles. The van der Waals surface area contributed by atoms with Crippen molar-refractivity contribution in [3.63, 3.8) is 0 Å². The predicted octanol–water partition coefficient (Wildman–Crippen LogP) is -0.0361. The quantitative estimate of drug-likeness (QED) is 0.410. The molecule has 0 unspecified atom stereocenters. The summed E-state index contributed by atoms with van der Waals surface area (Å²) < 4.78 is 0. The van der Waals surface area contributed by atoms with E-state index in [2.05, 4.69) is 5.43 Å². The van der Waals surface area contributed by atoms with E-state index in [0.717, 1.165) is 12.1 Å². The van der Waals surface area contributed by atoms with E-state index in [4.69, 9.17) is 5.84 Å². The minimum Gasteiger partial charge on any atom is -0.412 e. The normalized spacial score (nSPS) is 8.87. The first-order valence-electron chi connectivity index (χ1n) is 3.45. The second kappa shape index (κ2) is 4.83. The molecule has 0 saturated carbocycles. The van der Waals surface area contributed by atoms with Crippen molar-refractivity contribution in [1.82, 2.24) is 0 Å². The number of hydrazine groups is 1. The highest BCUT2D eigenvalue weighted by molar-refractivity contribution is 5.64. The van der Waals surface area contributed by atoms with Crippen LogP contribution in [-0.2, 0) is 0 Å². The van der Waals surface area contributed by atoms with Crippen molar-refractivity contribution < 1.29 is 15.3 Å². The van der Waals surface area contributed by atoms with Crippen molar-refractivity contribution in [3.05, 3.63) is 38.4 Å². The molecule has 0 atom stereocenters. The number of anilines is 1. The van der Waals surface area contributed by atoms with Crippen LogP contribution in [0.2, 0.25) is 0 Å². The Bertz CT molecular complexity index is 393. The highest BCUT2D eigenvalue weighted by Crippen LogP contribution is 2.27. The van der Waals surface area contributed by atoms with Crippen LogP contribution in [0.25, 0.3) is 0 Å². The van der Waals surface area contributed by atoms with Crippen molar-refractivity contribution >= 4 is 17.1 Å². The number of nitrogens with two attached hydrogens (primary N) is 1.